The summed E-state index contributed by atoms with van der Waals surface area (Å²) >= 11 is 0. The van der Waals surface area contributed by atoms with Crippen LogP contribution in [0.3, 0.4) is 0 Å². The Morgan fingerprint density at radius 3 is 2.53 bits per heavy atom. The van der Waals surface area contributed by atoms with E-state index < -0.39 is 5.97 Å². The van der Waals surface area contributed by atoms with E-state index in [1.165, 1.54) is 6.92 Å². The number of hydrogen-bond acceptors (Lipinski definition) is 4. The molecule has 0 aliphatic carbocycles. The van der Waals surface area contributed by atoms with Gasteiger partial charge in [-0.2, -0.15) is 0 Å². The van der Waals surface area contributed by atoms with Crippen molar-refractivity contribution in [1.29, 1.82) is 0 Å². The Balaban J connectivity index is 2.98. The molecule has 0 aliphatic heterocycles. The lowest BCUT2D eigenvalue weighted by atomic mass is 10.1. The molecule has 5 nitrogen and oxygen atoms in total. The molecule has 0 unspecified atom stereocenters. The number of hydrogen-bond donors (Lipinski definition) is 1. The standard InChI is InChI=1S/C14H19NO4/c1-4-15(9-14(17)18)8-12-7-11(10(2)16)5-6-13(12)19-3/h5-7H,4,8-9H2,1-3H3,(H,17,18). The van der Waals surface area contributed by atoms with Crippen LogP contribution in [0.5, 0.6) is 5.75 Å². The Morgan fingerprint density at radius 1 is 1.37 bits per heavy atom. The summed E-state index contributed by atoms with van der Waals surface area (Å²) in [6.45, 7) is 4.40. The molecule has 0 amide bonds. The van der Waals surface area contributed by atoms with E-state index in [9.17, 15) is 9.59 Å². The van der Waals surface area contributed by atoms with Gasteiger partial charge in [-0.15, -0.1) is 0 Å². The highest BCUT2D eigenvalue weighted by Gasteiger charge is 2.13. The lowest BCUT2D eigenvalue weighted by Crippen LogP contribution is -2.29. The molecule has 1 rings (SSSR count). The molecule has 0 heterocycles. The number of likely N-dealkylation sites (N-methyl/N-ethyl adjacent to an activating group) is 1. The molecule has 5 heteroatoms. The van der Waals surface area contributed by atoms with Crippen LogP contribution in [-0.2, 0) is 11.3 Å². The molecule has 0 spiro atoms. The van der Waals surface area contributed by atoms with Crippen molar-refractivity contribution in [3.63, 3.8) is 0 Å². The zero-order chi connectivity index (χ0) is 14.4. The zero-order valence-corrected chi connectivity index (χ0v) is 11.5. The minimum atomic E-state index is -0.872. The monoisotopic (exact) mass is 265 g/mol. The maximum absolute atomic E-state index is 11.4. The summed E-state index contributed by atoms with van der Waals surface area (Å²) in [4.78, 5) is 23.9. The summed E-state index contributed by atoms with van der Waals surface area (Å²) in [5.74, 6) is -0.234. The Labute approximate surface area is 112 Å². The van der Waals surface area contributed by atoms with Crippen LogP contribution in [0.15, 0.2) is 18.2 Å². The Bertz CT molecular complexity index is 471. The van der Waals surface area contributed by atoms with Gasteiger partial charge in [0.05, 0.1) is 13.7 Å². The van der Waals surface area contributed by atoms with Crippen LogP contribution in [0.25, 0.3) is 0 Å². The number of ether oxygens (including phenoxy) is 1. The van der Waals surface area contributed by atoms with Gasteiger partial charge in [-0.1, -0.05) is 6.92 Å². The lowest BCUT2D eigenvalue weighted by Gasteiger charge is -2.20. The summed E-state index contributed by atoms with van der Waals surface area (Å²) in [5.41, 5.74) is 1.42. The second-order valence-corrected chi connectivity index (χ2v) is 4.28. The van der Waals surface area contributed by atoms with E-state index in [2.05, 4.69) is 0 Å². The Hall–Kier alpha value is -1.88. The van der Waals surface area contributed by atoms with Gasteiger partial charge in [0.1, 0.15) is 5.75 Å². The van der Waals surface area contributed by atoms with Gasteiger partial charge in [-0.25, -0.2) is 0 Å². The quantitative estimate of drug-likeness (QED) is 0.761. The second kappa shape index (κ2) is 6.89. The number of nitrogens with zero attached hydrogens (tertiary/aromatic N) is 1. The molecule has 0 saturated carbocycles. The van der Waals surface area contributed by atoms with Gasteiger partial charge >= 0.3 is 5.97 Å². The van der Waals surface area contributed by atoms with Crippen LogP contribution in [0.2, 0.25) is 0 Å². The first-order chi connectivity index (χ1) is 8.97. The average Bonchev–Trinajstić information content (AvgIpc) is 2.37. The minimum Gasteiger partial charge on any atom is -0.496 e. The van der Waals surface area contributed by atoms with Crippen LogP contribution in [-0.4, -0.2) is 42.0 Å². The van der Waals surface area contributed by atoms with Gasteiger partial charge < -0.3 is 9.84 Å². The molecule has 0 saturated heterocycles. The maximum Gasteiger partial charge on any atom is 0.317 e. The molecule has 0 aromatic heterocycles. The van der Waals surface area contributed by atoms with Crippen molar-refractivity contribution in [2.75, 3.05) is 20.2 Å². The van der Waals surface area contributed by atoms with Crippen LogP contribution in [0.4, 0.5) is 0 Å². The molecule has 0 bridgehead atoms. The van der Waals surface area contributed by atoms with E-state index in [-0.39, 0.29) is 12.3 Å². The van der Waals surface area contributed by atoms with E-state index in [1.54, 1.807) is 30.2 Å². The molecule has 1 aromatic rings. The summed E-state index contributed by atoms with van der Waals surface area (Å²) in [5, 5.41) is 8.84. The highest BCUT2D eigenvalue weighted by atomic mass is 16.5. The first-order valence-corrected chi connectivity index (χ1v) is 6.10. The van der Waals surface area contributed by atoms with Crippen molar-refractivity contribution in [2.45, 2.75) is 20.4 Å². The van der Waals surface area contributed by atoms with Crippen molar-refractivity contribution in [3.05, 3.63) is 29.3 Å². The number of benzene rings is 1. The predicted octanol–water partition coefficient (Wildman–Crippen LogP) is 1.80. The summed E-state index contributed by atoms with van der Waals surface area (Å²) in [6.07, 6.45) is 0. The molecule has 0 radical (unpaired) electrons. The molecule has 104 valence electrons. The van der Waals surface area contributed by atoms with Crippen molar-refractivity contribution in [1.82, 2.24) is 4.90 Å². The smallest absolute Gasteiger partial charge is 0.317 e. The number of carboxylic acids is 1. The molecule has 0 aliphatic rings. The number of methoxy groups -OCH3 is 1. The summed E-state index contributed by atoms with van der Waals surface area (Å²) in [6, 6.07) is 5.20. The predicted molar refractivity (Wildman–Crippen MR) is 71.6 cm³/mol. The minimum absolute atomic E-state index is 0.0230. The van der Waals surface area contributed by atoms with Gasteiger partial charge in [0.25, 0.3) is 0 Å². The third-order valence-corrected chi connectivity index (χ3v) is 2.89. The van der Waals surface area contributed by atoms with Crippen LogP contribution >= 0.6 is 0 Å². The van der Waals surface area contributed by atoms with Gasteiger partial charge in [0, 0.05) is 17.7 Å². The highest BCUT2D eigenvalue weighted by Crippen LogP contribution is 2.22. The Kier molecular flexibility index (Phi) is 5.51. The molecule has 1 aromatic carbocycles. The molecule has 0 fully saturated rings. The SMILES string of the molecule is CCN(CC(=O)O)Cc1cc(C(C)=O)ccc1OC. The number of carbonyl (C=O) groups excluding carboxylic acids is 1. The van der Waals surface area contributed by atoms with E-state index >= 15 is 0 Å². The number of rotatable bonds is 7. The number of carbonyl (C=O) groups is 2. The maximum atomic E-state index is 11.4. The molecular formula is C14H19NO4. The summed E-state index contributed by atoms with van der Waals surface area (Å²) < 4.78 is 5.25. The highest BCUT2D eigenvalue weighted by molar-refractivity contribution is 5.94. The van der Waals surface area contributed by atoms with Gasteiger partial charge in [-0.05, 0) is 31.7 Å². The third kappa shape index (κ3) is 4.37. The second-order valence-electron chi connectivity index (χ2n) is 4.28. The van der Waals surface area contributed by atoms with E-state index in [0.29, 0.717) is 24.4 Å². The number of ketones is 1. The van der Waals surface area contributed by atoms with Gasteiger partial charge in [-0.3, -0.25) is 14.5 Å². The van der Waals surface area contributed by atoms with Gasteiger partial charge in [0.2, 0.25) is 0 Å². The Morgan fingerprint density at radius 2 is 2.05 bits per heavy atom. The molecule has 1 N–H and O–H groups in total. The lowest BCUT2D eigenvalue weighted by molar-refractivity contribution is -0.138. The third-order valence-electron chi connectivity index (χ3n) is 2.89. The van der Waals surface area contributed by atoms with Gasteiger partial charge in [0.15, 0.2) is 5.78 Å². The van der Waals surface area contributed by atoms with Crippen molar-refractivity contribution < 1.29 is 19.4 Å². The largest absolute Gasteiger partial charge is 0.496 e. The first kappa shape index (κ1) is 15.2. The number of carboxylic acid groups (broad SMARTS) is 1. The van der Waals surface area contributed by atoms with Crippen molar-refractivity contribution >= 4 is 11.8 Å². The van der Waals surface area contributed by atoms with E-state index in [0.717, 1.165) is 5.56 Å². The zero-order valence-electron chi connectivity index (χ0n) is 11.5. The van der Waals surface area contributed by atoms with Crippen LogP contribution < -0.4 is 4.74 Å². The fraction of sp³-hybridized carbons (Fsp3) is 0.429. The summed E-state index contributed by atoms with van der Waals surface area (Å²) in [7, 11) is 1.56. The fourth-order valence-corrected chi connectivity index (χ4v) is 1.83. The average molecular weight is 265 g/mol. The van der Waals surface area contributed by atoms with Crippen LogP contribution in [0, 0.1) is 0 Å². The normalized spacial score (nSPS) is 10.5. The van der Waals surface area contributed by atoms with Crippen molar-refractivity contribution in [3.8, 4) is 5.75 Å². The van der Waals surface area contributed by atoms with E-state index in [1.807, 2.05) is 6.92 Å². The number of aliphatic carboxylic acids is 1. The molecular weight excluding hydrogens is 246 g/mol. The van der Waals surface area contributed by atoms with Crippen molar-refractivity contribution in [2.24, 2.45) is 0 Å². The molecule has 19 heavy (non-hydrogen) atoms. The first-order valence-electron chi connectivity index (χ1n) is 6.10. The fourth-order valence-electron chi connectivity index (χ4n) is 1.83. The van der Waals surface area contributed by atoms with Crippen LogP contribution in [0.1, 0.15) is 29.8 Å². The number of Topliss-reactive ketones (excluding diaryl/α,β-unsaturated/α-hetero) is 1. The molecule has 0 atom stereocenters. The van der Waals surface area contributed by atoms with E-state index in [4.69, 9.17) is 9.84 Å². The topological polar surface area (TPSA) is 66.8 Å².